The lowest BCUT2D eigenvalue weighted by molar-refractivity contribution is 0.0733. The number of ether oxygens (including phenoxy) is 1. The quantitative estimate of drug-likeness (QED) is 0.137. The van der Waals surface area contributed by atoms with E-state index in [2.05, 4.69) is 67.8 Å². The molecule has 28 heavy (non-hydrogen) atoms. The Hall–Kier alpha value is 0.0100. The van der Waals surface area contributed by atoms with E-state index >= 15 is 0 Å². The first-order valence-electron chi connectivity index (χ1n) is 8.65. The lowest BCUT2D eigenvalue weighted by atomic mass is 9.84. The van der Waals surface area contributed by atoms with Crippen molar-refractivity contribution in [2.45, 2.75) is 42.9 Å². The molecule has 9 heteroatoms. The monoisotopic (exact) mass is 738 g/mol. The van der Waals surface area contributed by atoms with E-state index in [-0.39, 0.29) is 16.6 Å². The summed E-state index contributed by atoms with van der Waals surface area (Å²) in [4.78, 5) is 12.6. The molecule has 5 nitrogen and oxygen atoms in total. The van der Waals surface area contributed by atoms with Crippen molar-refractivity contribution in [3.63, 3.8) is 0 Å². The molecule has 2 aromatic carbocycles. The first-order chi connectivity index (χ1) is 13.2. The molecule has 0 atom stereocenters. The minimum absolute atomic E-state index is 0.0312. The Kier molecular flexibility index (Phi) is 7.64. The number of carbonyl (C=O) groups is 1. The first-order valence-corrected chi connectivity index (χ1v) is 13.3. The van der Waals surface area contributed by atoms with Crippen molar-refractivity contribution >= 4 is 83.9 Å². The number of hydrogen-bond donors (Lipinski definition) is 1. The molecular formula is C19H17I3O5S. The molecule has 0 amide bonds. The van der Waals surface area contributed by atoms with Gasteiger partial charge in [0.1, 0.15) is 5.75 Å². The zero-order chi connectivity index (χ0) is 20.5. The molecule has 0 aliphatic heterocycles. The average Bonchev–Trinajstić information content (AvgIpc) is 2.66. The molecule has 3 rings (SSSR count). The van der Waals surface area contributed by atoms with Crippen molar-refractivity contribution in [1.82, 2.24) is 0 Å². The Labute approximate surface area is 205 Å². The molecule has 0 radical (unpaired) electrons. The normalized spacial score (nSPS) is 15.4. The Bertz CT molecular complexity index is 1010. The maximum atomic E-state index is 12.7. The summed E-state index contributed by atoms with van der Waals surface area (Å²) in [5, 5.41) is 0. The Morgan fingerprint density at radius 3 is 2.32 bits per heavy atom. The van der Waals surface area contributed by atoms with Crippen LogP contribution in [0.4, 0.5) is 0 Å². The molecule has 1 aliphatic carbocycles. The minimum atomic E-state index is -4.34. The van der Waals surface area contributed by atoms with Crippen LogP contribution in [0.25, 0.3) is 0 Å². The van der Waals surface area contributed by atoms with Crippen LogP contribution in [0, 0.1) is 10.7 Å². The number of esters is 1. The highest BCUT2D eigenvalue weighted by molar-refractivity contribution is 14.1. The summed E-state index contributed by atoms with van der Waals surface area (Å²) in [5.74, 6) is -0.182. The van der Waals surface area contributed by atoms with Gasteiger partial charge in [-0.3, -0.25) is 4.55 Å². The van der Waals surface area contributed by atoms with E-state index in [0.29, 0.717) is 11.1 Å². The van der Waals surface area contributed by atoms with Crippen LogP contribution < -0.4 is 4.74 Å². The second kappa shape index (κ2) is 9.43. The number of rotatable bonds is 4. The fourth-order valence-corrected chi connectivity index (χ4v) is 6.29. The van der Waals surface area contributed by atoms with E-state index in [1.54, 1.807) is 12.1 Å². The Balaban J connectivity index is 1.94. The summed E-state index contributed by atoms with van der Waals surface area (Å²) in [5.41, 5.74) is 0.989. The summed E-state index contributed by atoms with van der Waals surface area (Å²) >= 11 is 6.52. The smallest absolute Gasteiger partial charge is 0.344 e. The average molecular weight is 738 g/mol. The van der Waals surface area contributed by atoms with Crippen molar-refractivity contribution in [3.8, 4) is 5.75 Å². The van der Waals surface area contributed by atoms with Gasteiger partial charge in [-0.05, 0) is 122 Å². The van der Waals surface area contributed by atoms with Crippen LogP contribution in [0.3, 0.4) is 0 Å². The van der Waals surface area contributed by atoms with Crippen LogP contribution in [0.15, 0.2) is 35.2 Å². The van der Waals surface area contributed by atoms with Gasteiger partial charge in [0, 0.05) is 10.7 Å². The highest BCUT2D eigenvalue weighted by Gasteiger charge is 2.25. The van der Waals surface area contributed by atoms with Gasteiger partial charge in [0.25, 0.3) is 10.1 Å². The zero-order valence-electron chi connectivity index (χ0n) is 14.6. The van der Waals surface area contributed by atoms with Crippen LogP contribution in [-0.2, 0) is 10.1 Å². The molecule has 0 heterocycles. The van der Waals surface area contributed by atoms with Crippen molar-refractivity contribution in [1.29, 1.82) is 0 Å². The first kappa shape index (κ1) is 22.7. The molecule has 1 fully saturated rings. The van der Waals surface area contributed by atoms with E-state index in [4.69, 9.17) is 4.74 Å². The summed E-state index contributed by atoms with van der Waals surface area (Å²) in [6.45, 7) is 0. The third-order valence-corrected chi connectivity index (χ3v) is 10.9. The fraction of sp³-hybridized carbons (Fsp3) is 0.316. The maximum Gasteiger partial charge on any atom is 0.344 e. The standard InChI is InChI=1S/C19H17I3O5S/c20-15-8-7-13(17(21)18(15)22)19(23)27-12-6-9-16(28(24,25)26)14(10-12)11-4-2-1-3-5-11/h6-11H,1-5H2,(H,24,25,26). The molecule has 0 saturated heterocycles. The van der Waals surface area contributed by atoms with Gasteiger partial charge in [0.2, 0.25) is 0 Å². The van der Waals surface area contributed by atoms with Gasteiger partial charge >= 0.3 is 5.97 Å². The zero-order valence-corrected chi connectivity index (χ0v) is 21.9. The SMILES string of the molecule is O=C(Oc1ccc(S(=O)(=O)O)c(C2CCCCC2)c1)c1ccc(I)c(I)c1I. The highest BCUT2D eigenvalue weighted by Crippen LogP contribution is 2.38. The second-order valence-electron chi connectivity index (χ2n) is 6.62. The second-order valence-corrected chi connectivity index (χ2v) is 11.3. The predicted molar refractivity (Wildman–Crippen MR) is 132 cm³/mol. The van der Waals surface area contributed by atoms with Crippen LogP contribution >= 0.6 is 67.8 Å². The van der Waals surface area contributed by atoms with Crippen molar-refractivity contribution < 1.29 is 22.5 Å². The summed E-state index contributed by atoms with van der Waals surface area (Å²) in [6, 6.07) is 7.91. The number of benzene rings is 2. The molecule has 1 N–H and O–H groups in total. The third-order valence-electron chi connectivity index (χ3n) is 4.77. The van der Waals surface area contributed by atoms with Crippen molar-refractivity contribution in [3.05, 3.63) is 52.2 Å². The number of carbonyl (C=O) groups excluding carboxylic acids is 1. The number of hydrogen-bond acceptors (Lipinski definition) is 4. The van der Waals surface area contributed by atoms with Crippen LogP contribution in [0.2, 0.25) is 0 Å². The molecule has 0 spiro atoms. The molecule has 0 bridgehead atoms. The van der Waals surface area contributed by atoms with Crippen LogP contribution in [0.1, 0.15) is 53.9 Å². The van der Waals surface area contributed by atoms with E-state index in [9.17, 15) is 17.8 Å². The van der Waals surface area contributed by atoms with E-state index in [1.807, 2.05) is 6.07 Å². The minimum Gasteiger partial charge on any atom is -0.423 e. The summed E-state index contributed by atoms with van der Waals surface area (Å²) in [6.07, 6.45) is 4.86. The van der Waals surface area contributed by atoms with Gasteiger partial charge in [0.15, 0.2) is 0 Å². The van der Waals surface area contributed by atoms with Gasteiger partial charge in [-0.1, -0.05) is 19.3 Å². The Morgan fingerprint density at radius 2 is 1.68 bits per heavy atom. The molecule has 150 valence electrons. The lowest BCUT2D eigenvalue weighted by Gasteiger charge is -2.24. The lowest BCUT2D eigenvalue weighted by Crippen LogP contribution is -2.14. The molecule has 1 aliphatic rings. The predicted octanol–water partition coefficient (Wildman–Crippen LogP) is 6.01. The van der Waals surface area contributed by atoms with Crippen molar-refractivity contribution in [2.75, 3.05) is 0 Å². The number of halogens is 3. The van der Waals surface area contributed by atoms with E-state index in [1.165, 1.54) is 12.1 Å². The summed E-state index contributed by atoms with van der Waals surface area (Å²) in [7, 11) is -4.34. The van der Waals surface area contributed by atoms with Gasteiger partial charge in [-0.15, -0.1) is 0 Å². The molecular weight excluding hydrogens is 721 g/mol. The van der Waals surface area contributed by atoms with Gasteiger partial charge < -0.3 is 4.74 Å². The molecule has 0 aromatic heterocycles. The van der Waals surface area contributed by atoms with Gasteiger partial charge in [0.05, 0.1) is 10.5 Å². The fourth-order valence-electron chi connectivity index (χ4n) is 3.40. The van der Waals surface area contributed by atoms with Crippen LogP contribution in [0.5, 0.6) is 5.75 Å². The topological polar surface area (TPSA) is 80.7 Å². The molecule has 2 aromatic rings. The summed E-state index contributed by atoms with van der Waals surface area (Å²) < 4.78 is 41.6. The Morgan fingerprint density at radius 1 is 1.00 bits per heavy atom. The van der Waals surface area contributed by atoms with Crippen molar-refractivity contribution in [2.24, 2.45) is 0 Å². The maximum absolute atomic E-state index is 12.7. The molecule has 0 unspecified atom stereocenters. The van der Waals surface area contributed by atoms with Gasteiger partial charge in [-0.25, -0.2) is 4.79 Å². The van der Waals surface area contributed by atoms with Gasteiger partial charge in [-0.2, -0.15) is 8.42 Å². The third kappa shape index (κ3) is 5.19. The van der Waals surface area contributed by atoms with Crippen LogP contribution in [-0.4, -0.2) is 18.9 Å². The highest BCUT2D eigenvalue weighted by atomic mass is 127. The molecule has 1 saturated carbocycles. The largest absolute Gasteiger partial charge is 0.423 e. The van der Waals surface area contributed by atoms with E-state index in [0.717, 1.165) is 42.8 Å². The van der Waals surface area contributed by atoms with E-state index < -0.39 is 16.1 Å².